The Labute approximate surface area is 159 Å². The number of carbonyl (C=O) groups excluding carboxylic acids is 2. The molecule has 26 heavy (non-hydrogen) atoms. The number of aliphatic hydroxyl groups is 1. The fraction of sp³-hybridized carbons (Fsp3) is 0.294. The van der Waals surface area contributed by atoms with Gasteiger partial charge >= 0.3 is 6.09 Å². The van der Waals surface area contributed by atoms with E-state index in [0.717, 1.165) is 5.69 Å². The van der Waals surface area contributed by atoms with Gasteiger partial charge in [0.05, 0.1) is 28.9 Å². The van der Waals surface area contributed by atoms with Gasteiger partial charge in [-0.3, -0.25) is 9.69 Å². The minimum atomic E-state index is -0.445. The van der Waals surface area contributed by atoms with E-state index in [-0.39, 0.29) is 19.1 Å². The second-order valence-corrected chi connectivity index (χ2v) is 7.34. The van der Waals surface area contributed by atoms with Gasteiger partial charge in [0.1, 0.15) is 6.10 Å². The van der Waals surface area contributed by atoms with Crippen LogP contribution in [0.25, 0.3) is 0 Å². The molecule has 0 saturated carbocycles. The number of aliphatic hydroxyl groups excluding tert-OH is 1. The van der Waals surface area contributed by atoms with E-state index in [9.17, 15) is 9.59 Å². The van der Waals surface area contributed by atoms with Gasteiger partial charge in [0.15, 0.2) is 0 Å². The third kappa shape index (κ3) is 4.46. The van der Waals surface area contributed by atoms with E-state index in [0.29, 0.717) is 28.0 Å². The van der Waals surface area contributed by atoms with Crippen LogP contribution < -0.4 is 15.5 Å². The van der Waals surface area contributed by atoms with E-state index in [1.807, 2.05) is 12.1 Å². The second kappa shape index (κ2) is 8.39. The van der Waals surface area contributed by atoms with Crippen LogP contribution in [0, 0.1) is 0 Å². The smallest absolute Gasteiger partial charge is 0.414 e. The van der Waals surface area contributed by atoms with Gasteiger partial charge in [0, 0.05) is 17.9 Å². The minimum Gasteiger partial charge on any atom is -0.442 e. The molecule has 1 saturated heterocycles. The monoisotopic (exact) mass is 395 g/mol. The van der Waals surface area contributed by atoms with E-state index in [4.69, 9.17) is 21.4 Å². The largest absolute Gasteiger partial charge is 0.442 e. The molecule has 3 rings (SSSR count). The summed E-state index contributed by atoms with van der Waals surface area (Å²) in [6.07, 6.45) is -0.867. The zero-order chi connectivity index (χ0) is 18.5. The minimum absolute atomic E-state index is 0.0469. The van der Waals surface area contributed by atoms with Crippen molar-refractivity contribution in [2.24, 2.45) is 0 Å². The highest BCUT2D eigenvalue weighted by Gasteiger charge is 2.32. The Balaban J connectivity index is 1.54. The van der Waals surface area contributed by atoms with Crippen molar-refractivity contribution in [3.05, 3.63) is 45.6 Å². The summed E-state index contributed by atoms with van der Waals surface area (Å²) in [5.74, 6) is -0.240. The Hall–Kier alpha value is -2.29. The average Bonchev–Trinajstić information content (AvgIpc) is 3.24. The molecule has 0 aliphatic carbocycles. The van der Waals surface area contributed by atoms with Gasteiger partial charge in [-0.25, -0.2) is 4.79 Å². The lowest BCUT2D eigenvalue weighted by Gasteiger charge is -2.14. The molecule has 1 unspecified atom stereocenters. The van der Waals surface area contributed by atoms with E-state index >= 15 is 0 Å². The molecule has 9 heteroatoms. The molecular formula is C17H18ClN3O4S. The Morgan fingerprint density at radius 2 is 2.08 bits per heavy atom. The fourth-order valence-electron chi connectivity index (χ4n) is 2.53. The van der Waals surface area contributed by atoms with Crippen LogP contribution >= 0.6 is 22.9 Å². The van der Waals surface area contributed by atoms with Gasteiger partial charge < -0.3 is 20.5 Å². The molecule has 1 aromatic carbocycles. The number of hydrogen-bond acceptors (Lipinski definition) is 6. The quantitative estimate of drug-likeness (QED) is 0.670. The van der Waals surface area contributed by atoms with Gasteiger partial charge in [-0.2, -0.15) is 0 Å². The molecule has 138 valence electrons. The molecule has 1 aromatic heterocycles. The van der Waals surface area contributed by atoms with Gasteiger partial charge in [-0.05, 0) is 36.4 Å². The molecule has 0 spiro atoms. The predicted molar refractivity (Wildman–Crippen MR) is 101 cm³/mol. The molecule has 3 N–H and O–H groups in total. The van der Waals surface area contributed by atoms with Gasteiger partial charge in [-0.1, -0.05) is 11.6 Å². The topological polar surface area (TPSA) is 90.9 Å². The molecule has 2 amide bonds. The van der Waals surface area contributed by atoms with Gasteiger partial charge in [0.25, 0.3) is 5.91 Å². The van der Waals surface area contributed by atoms with Crippen molar-refractivity contribution >= 4 is 46.3 Å². The number of anilines is 2. The third-order valence-corrected chi connectivity index (χ3v) is 5.01. The van der Waals surface area contributed by atoms with Gasteiger partial charge in [0.2, 0.25) is 0 Å². The normalized spacial score (nSPS) is 16.5. The van der Waals surface area contributed by atoms with Crippen molar-refractivity contribution in [1.82, 2.24) is 5.32 Å². The summed E-state index contributed by atoms with van der Waals surface area (Å²) in [5.41, 5.74) is 1.57. The first-order chi connectivity index (χ1) is 12.6. The molecule has 7 nitrogen and oxygen atoms in total. The Kier molecular flexibility index (Phi) is 5.97. The number of halogens is 1. The molecule has 2 aromatic rings. The van der Waals surface area contributed by atoms with Crippen LogP contribution in [-0.2, 0) is 4.74 Å². The standard InChI is InChI=1S/C17H18ClN3O4S/c18-15-6-5-14(26-15)16(23)20-9-13-10-21(17(24)25-13)12-3-1-11(2-4-12)19-7-8-22/h1-6,13,19,22H,7-10H2,(H,20,23). The maximum absolute atomic E-state index is 12.1. The highest BCUT2D eigenvalue weighted by Crippen LogP contribution is 2.24. The maximum atomic E-state index is 12.1. The molecule has 0 radical (unpaired) electrons. The number of ether oxygens (including phenoxy) is 1. The summed E-state index contributed by atoms with van der Waals surface area (Å²) in [6, 6.07) is 10.6. The number of nitrogens with zero attached hydrogens (tertiary/aromatic N) is 1. The summed E-state index contributed by atoms with van der Waals surface area (Å²) in [4.78, 5) is 26.2. The molecule has 1 aliphatic rings. The molecule has 0 bridgehead atoms. The van der Waals surface area contributed by atoms with Crippen molar-refractivity contribution in [3.63, 3.8) is 0 Å². The van der Waals surface area contributed by atoms with Crippen LogP contribution in [0.4, 0.5) is 16.2 Å². The van der Waals surface area contributed by atoms with Crippen molar-refractivity contribution < 1.29 is 19.4 Å². The summed E-state index contributed by atoms with van der Waals surface area (Å²) in [6.45, 7) is 1.09. The van der Waals surface area contributed by atoms with Crippen LogP contribution in [0.3, 0.4) is 0 Å². The molecule has 1 fully saturated rings. The lowest BCUT2D eigenvalue weighted by atomic mass is 10.2. The lowest BCUT2D eigenvalue weighted by Crippen LogP contribution is -2.34. The molecular weight excluding hydrogens is 378 g/mol. The highest BCUT2D eigenvalue weighted by atomic mass is 35.5. The number of nitrogens with one attached hydrogen (secondary N) is 2. The summed E-state index contributed by atoms with van der Waals surface area (Å²) in [5, 5.41) is 14.6. The number of carbonyl (C=O) groups is 2. The fourth-order valence-corrected chi connectivity index (χ4v) is 3.49. The third-order valence-electron chi connectivity index (χ3n) is 3.78. The average molecular weight is 396 g/mol. The van der Waals surface area contributed by atoms with Crippen molar-refractivity contribution in [3.8, 4) is 0 Å². The number of rotatable bonds is 7. The predicted octanol–water partition coefficient (Wildman–Crippen LogP) is 2.56. The Morgan fingerprint density at radius 1 is 1.31 bits per heavy atom. The summed E-state index contributed by atoms with van der Waals surface area (Å²) >= 11 is 7.02. The molecule has 2 heterocycles. The number of benzene rings is 1. The zero-order valence-electron chi connectivity index (χ0n) is 13.8. The highest BCUT2D eigenvalue weighted by molar-refractivity contribution is 7.17. The molecule has 1 atom stereocenters. The van der Waals surface area contributed by atoms with E-state index in [1.165, 1.54) is 16.2 Å². The zero-order valence-corrected chi connectivity index (χ0v) is 15.3. The van der Waals surface area contributed by atoms with Crippen LogP contribution in [0.15, 0.2) is 36.4 Å². The summed E-state index contributed by atoms with van der Waals surface area (Å²) in [7, 11) is 0. The van der Waals surface area contributed by atoms with Crippen LogP contribution in [0.1, 0.15) is 9.67 Å². The van der Waals surface area contributed by atoms with Crippen LogP contribution in [-0.4, -0.2) is 49.5 Å². The first-order valence-corrected chi connectivity index (χ1v) is 9.23. The van der Waals surface area contributed by atoms with Crippen molar-refractivity contribution in [2.45, 2.75) is 6.10 Å². The van der Waals surface area contributed by atoms with Crippen molar-refractivity contribution in [1.29, 1.82) is 0 Å². The number of cyclic esters (lactones) is 1. The second-order valence-electron chi connectivity index (χ2n) is 5.63. The van der Waals surface area contributed by atoms with E-state index < -0.39 is 12.2 Å². The van der Waals surface area contributed by atoms with E-state index in [2.05, 4.69) is 10.6 Å². The Bertz CT molecular complexity index is 781. The van der Waals surface area contributed by atoms with Crippen molar-refractivity contribution in [2.75, 3.05) is 36.5 Å². The SMILES string of the molecule is O=C(NCC1CN(c2ccc(NCCO)cc2)C(=O)O1)c1ccc(Cl)s1. The first kappa shape index (κ1) is 18.5. The van der Waals surface area contributed by atoms with E-state index in [1.54, 1.807) is 24.3 Å². The van der Waals surface area contributed by atoms with Gasteiger partial charge in [-0.15, -0.1) is 11.3 Å². The maximum Gasteiger partial charge on any atom is 0.414 e. The first-order valence-electron chi connectivity index (χ1n) is 8.03. The van der Waals surface area contributed by atoms with Crippen LogP contribution in [0.5, 0.6) is 0 Å². The number of thiophene rings is 1. The molecule has 1 aliphatic heterocycles. The lowest BCUT2D eigenvalue weighted by molar-refractivity contribution is 0.0920. The van der Waals surface area contributed by atoms with Crippen LogP contribution in [0.2, 0.25) is 4.34 Å². The number of hydrogen-bond donors (Lipinski definition) is 3. The number of amides is 2. The summed E-state index contributed by atoms with van der Waals surface area (Å²) < 4.78 is 5.86. The Morgan fingerprint density at radius 3 is 2.73 bits per heavy atom.